The van der Waals surface area contributed by atoms with E-state index < -0.39 is 0 Å². The minimum atomic E-state index is 0.0294. The molecule has 1 aromatic rings. The Labute approximate surface area is 144 Å². The van der Waals surface area contributed by atoms with Crippen molar-refractivity contribution in [3.8, 4) is 5.75 Å². The molecule has 5 heteroatoms. The summed E-state index contributed by atoms with van der Waals surface area (Å²) in [6.45, 7) is 9.05. The minimum Gasteiger partial charge on any atom is -0.494 e. The first-order valence-corrected chi connectivity index (χ1v) is 8.87. The SMILES string of the molecule is CCCCC(=O)N1CCN(C(=O)c2ccc(OCC)c(C)c2)CC1. The van der Waals surface area contributed by atoms with E-state index in [1.807, 2.05) is 41.8 Å². The molecule has 132 valence electrons. The number of aryl methyl sites for hydroxylation is 1. The molecule has 1 aromatic carbocycles. The molecular formula is C19H28N2O3. The lowest BCUT2D eigenvalue weighted by Crippen LogP contribution is -2.50. The molecule has 1 aliphatic rings. The molecule has 1 heterocycles. The van der Waals surface area contributed by atoms with Crippen molar-refractivity contribution in [1.82, 2.24) is 9.80 Å². The van der Waals surface area contributed by atoms with Gasteiger partial charge >= 0.3 is 0 Å². The van der Waals surface area contributed by atoms with Gasteiger partial charge in [0.2, 0.25) is 5.91 Å². The van der Waals surface area contributed by atoms with Gasteiger partial charge in [-0.3, -0.25) is 9.59 Å². The zero-order valence-corrected chi connectivity index (χ0v) is 15.0. The third kappa shape index (κ3) is 4.49. The number of carbonyl (C=O) groups excluding carboxylic acids is 2. The smallest absolute Gasteiger partial charge is 0.253 e. The van der Waals surface area contributed by atoms with E-state index in [-0.39, 0.29) is 11.8 Å². The predicted octanol–water partition coefficient (Wildman–Crippen LogP) is 2.87. The van der Waals surface area contributed by atoms with Crippen molar-refractivity contribution in [3.05, 3.63) is 29.3 Å². The molecule has 0 unspecified atom stereocenters. The van der Waals surface area contributed by atoms with E-state index in [9.17, 15) is 9.59 Å². The van der Waals surface area contributed by atoms with Crippen LogP contribution in [0.3, 0.4) is 0 Å². The topological polar surface area (TPSA) is 49.9 Å². The first kappa shape index (κ1) is 18.3. The number of rotatable bonds is 6. The molecule has 2 amide bonds. The largest absolute Gasteiger partial charge is 0.494 e. The number of benzene rings is 1. The second-order valence-corrected chi connectivity index (χ2v) is 6.19. The molecule has 0 spiro atoms. The summed E-state index contributed by atoms with van der Waals surface area (Å²) in [5.41, 5.74) is 1.65. The molecule has 0 aliphatic carbocycles. The summed E-state index contributed by atoms with van der Waals surface area (Å²) in [6.07, 6.45) is 2.58. The first-order chi connectivity index (χ1) is 11.6. The van der Waals surface area contributed by atoms with Gasteiger partial charge in [0.15, 0.2) is 0 Å². The van der Waals surface area contributed by atoms with Crippen LogP contribution in [0.1, 0.15) is 49.0 Å². The van der Waals surface area contributed by atoms with Crippen molar-refractivity contribution in [2.75, 3.05) is 32.8 Å². The van der Waals surface area contributed by atoms with Crippen molar-refractivity contribution in [3.63, 3.8) is 0 Å². The Hall–Kier alpha value is -2.04. The fourth-order valence-corrected chi connectivity index (χ4v) is 2.93. The monoisotopic (exact) mass is 332 g/mol. The lowest BCUT2D eigenvalue weighted by atomic mass is 10.1. The van der Waals surface area contributed by atoms with Crippen molar-refractivity contribution >= 4 is 11.8 Å². The van der Waals surface area contributed by atoms with Gasteiger partial charge in [-0.2, -0.15) is 0 Å². The van der Waals surface area contributed by atoms with E-state index in [0.29, 0.717) is 44.8 Å². The van der Waals surface area contributed by atoms with Crippen LogP contribution in [-0.2, 0) is 4.79 Å². The molecular weight excluding hydrogens is 304 g/mol. The molecule has 1 aliphatic heterocycles. The zero-order valence-electron chi connectivity index (χ0n) is 15.0. The summed E-state index contributed by atoms with van der Waals surface area (Å²) < 4.78 is 5.52. The van der Waals surface area contributed by atoms with Crippen molar-refractivity contribution in [1.29, 1.82) is 0 Å². The van der Waals surface area contributed by atoms with Crippen LogP contribution in [0.25, 0.3) is 0 Å². The third-order valence-corrected chi connectivity index (χ3v) is 4.39. The average molecular weight is 332 g/mol. The van der Waals surface area contributed by atoms with Gasteiger partial charge in [-0.05, 0) is 44.0 Å². The standard InChI is InChI=1S/C19H28N2O3/c1-4-6-7-18(22)20-10-12-21(13-11-20)19(23)16-8-9-17(24-5-2)15(3)14-16/h8-9,14H,4-7,10-13H2,1-3H3. The van der Waals surface area contributed by atoms with Gasteiger partial charge in [-0.25, -0.2) is 0 Å². The summed E-state index contributed by atoms with van der Waals surface area (Å²) in [5, 5.41) is 0. The maximum absolute atomic E-state index is 12.7. The van der Waals surface area contributed by atoms with Crippen molar-refractivity contribution in [2.24, 2.45) is 0 Å². The highest BCUT2D eigenvalue weighted by Crippen LogP contribution is 2.20. The number of ether oxygens (including phenoxy) is 1. The Balaban J connectivity index is 1.93. The molecule has 0 atom stereocenters. The normalized spacial score (nSPS) is 14.6. The highest BCUT2D eigenvalue weighted by atomic mass is 16.5. The van der Waals surface area contributed by atoms with Crippen LogP contribution in [0.2, 0.25) is 0 Å². The van der Waals surface area contributed by atoms with Gasteiger partial charge in [-0.1, -0.05) is 13.3 Å². The summed E-state index contributed by atoms with van der Waals surface area (Å²) in [7, 11) is 0. The Bertz CT molecular complexity index is 578. The molecule has 0 N–H and O–H groups in total. The lowest BCUT2D eigenvalue weighted by molar-refractivity contribution is -0.132. The number of hydrogen-bond acceptors (Lipinski definition) is 3. The number of amides is 2. The van der Waals surface area contributed by atoms with E-state index in [1.165, 1.54) is 0 Å². The number of carbonyl (C=O) groups is 2. The fraction of sp³-hybridized carbons (Fsp3) is 0.579. The molecule has 1 saturated heterocycles. The second-order valence-electron chi connectivity index (χ2n) is 6.19. The van der Waals surface area contributed by atoms with Crippen molar-refractivity contribution in [2.45, 2.75) is 40.0 Å². The first-order valence-electron chi connectivity index (χ1n) is 8.87. The van der Waals surface area contributed by atoms with Gasteiger partial charge < -0.3 is 14.5 Å². The van der Waals surface area contributed by atoms with E-state index in [2.05, 4.69) is 6.92 Å². The lowest BCUT2D eigenvalue weighted by Gasteiger charge is -2.35. The number of piperazine rings is 1. The zero-order chi connectivity index (χ0) is 17.5. The molecule has 5 nitrogen and oxygen atoms in total. The van der Waals surface area contributed by atoms with Gasteiger partial charge in [0.25, 0.3) is 5.91 Å². The highest BCUT2D eigenvalue weighted by Gasteiger charge is 2.24. The van der Waals surface area contributed by atoms with Crippen LogP contribution in [0, 0.1) is 6.92 Å². The number of hydrogen-bond donors (Lipinski definition) is 0. The fourth-order valence-electron chi connectivity index (χ4n) is 2.93. The summed E-state index contributed by atoms with van der Waals surface area (Å²) in [6, 6.07) is 5.56. The van der Waals surface area contributed by atoms with Crippen LogP contribution in [0.15, 0.2) is 18.2 Å². The Morgan fingerprint density at radius 3 is 2.33 bits per heavy atom. The summed E-state index contributed by atoms with van der Waals surface area (Å²) in [4.78, 5) is 28.4. The maximum atomic E-state index is 12.7. The number of unbranched alkanes of at least 4 members (excludes halogenated alkanes) is 1. The van der Waals surface area contributed by atoms with Crippen LogP contribution >= 0.6 is 0 Å². The van der Waals surface area contributed by atoms with Gasteiger partial charge in [-0.15, -0.1) is 0 Å². The maximum Gasteiger partial charge on any atom is 0.253 e. The van der Waals surface area contributed by atoms with Crippen LogP contribution in [0.5, 0.6) is 5.75 Å². The van der Waals surface area contributed by atoms with Gasteiger partial charge in [0.05, 0.1) is 6.61 Å². The average Bonchev–Trinajstić information content (AvgIpc) is 2.61. The van der Waals surface area contributed by atoms with E-state index >= 15 is 0 Å². The van der Waals surface area contributed by atoms with E-state index in [4.69, 9.17) is 4.74 Å². The molecule has 0 bridgehead atoms. The summed E-state index contributed by atoms with van der Waals surface area (Å²) in [5.74, 6) is 1.06. The van der Waals surface area contributed by atoms with Gasteiger partial charge in [0, 0.05) is 38.2 Å². The van der Waals surface area contributed by atoms with Crippen LogP contribution < -0.4 is 4.74 Å². The molecule has 2 rings (SSSR count). The third-order valence-electron chi connectivity index (χ3n) is 4.39. The predicted molar refractivity (Wildman–Crippen MR) is 94.4 cm³/mol. The Morgan fingerprint density at radius 1 is 1.08 bits per heavy atom. The van der Waals surface area contributed by atoms with E-state index in [1.54, 1.807) is 0 Å². The van der Waals surface area contributed by atoms with Crippen molar-refractivity contribution < 1.29 is 14.3 Å². The molecule has 24 heavy (non-hydrogen) atoms. The van der Waals surface area contributed by atoms with Gasteiger partial charge in [0.1, 0.15) is 5.75 Å². The quantitative estimate of drug-likeness (QED) is 0.805. The summed E-state index contributed by atoms with van der Waals surface area (Å²) >= 11 is 0. The minimum absolute atomic E-state index is 0.0294. The Morgan fingerprint density at radius 2 is 1.75 bits per heavy atom. The van der Waals surface area contributed by atoms with E-state index in [0.717, 1.165) is 24.2 Å². The highest BCUT2D eigenvalue weighted by molar-refractivity contribution is 5.94. The molecule has 1 fully saturated rings. The molecule has 0 radical (unpaired) electrons. The molecule has 0 aromatic heterocycles. The van der Waals surface area contributed by atoms with Crippen LogP contribution in [0.4, 0.5) is 0 Å². The Kier molecular flexibility index (Phi) is 6.64. The van der Waals surface area contributed by atoms with Crippen LogP contribution in [-0.4, -0.2) is 54.4 Å². The second kappa shape index (κ2) is 8.71. The number of nitrogens with zero attached hydrogens (tertiary/aromatic N) is 2. The molecule has 0 saturated carbocycles.